The summed E-state index contributed by atoms with van der Waals surface area (Å²) in [6.07, 6.45) is 3.81. The second-order valence-electron chi connectivity index (χ2n) is 9.87. The van der Waals surface area contributed by atoms with Gasteiger partial charge in [-0.2, -0.15) is 0 Å². The van der Waals surface area contributed by atoms with Crippen molar-refractivity contribution in [1.29, 1.82) is 0 Å². The van der Waals surface area contributed by atoms with Crippen molar-refractivity contribution in [3.63, 3.8) is 0 Å². The molecule has 0 saturated heterocycles. The fraction of sp³-hybridized carbons (Fsp3) is 0.444. The molecular formula is C27H30N2O5. The lowest BCUT2D eigenvalue weighted by Crippen LogP contribution is -2.43. The largest absolute Gasteiger partial charge is 0.481 e. The van der Waals surface area contributed by atoms with E-state index in [1.165, 1.54) is 22.3 Å². The molecule has 2 atom stereocenters. The van der Waals surface area contributed by atoms with E-state index < -0.39 is 17.6 Å². The van der Waals surface area contributed by atoms with Crippen LogP contribution in [0.25, 0.3) is 11.1 Å². The number of ether oxygens (including phenoxy) is 1. The molecule has 7 heteroatoms. The van der Waals surface area contributed by atoms with Crippen LogP contribution in [0.2, 0.25) is 0 Å². The first kappa shape index (κ1) is 22.4. The maximum Gasteiger partial charge on any atom is 0.407 e. The summed E-state index contributed by atoms with van der Waals surface area (Å²) in [6.45, 7) is 0.259. The first-order chi connectivity index (χ1) is 16.4. The van der Waals surface area contributed by atoms with Gasteiger partial charge in [-0.05, 0) is 53.9 Å². The normalized spacial score (nSPS) is 21.9. The third-order valence-corrected chi connectivity index (χ3v) is 7.50. The average molecular weight is 463 g/mol. The molecule has 2 unspecified atom stereocenters. The van der Waals surface area contributed by atoms with Crippen molar-refractivity contribution in [3.8, 4) is 11.1 Å². The van der Waals surface area contributed by atoms with Crippen molar-refractivity contribution in [2.75, 3.05) is 6.61 Å². The van der Waals surface area contributed by atoms with E-state index in [-0.39, 0.29) is 43.2 Å². The quantitative estimate of drug-likeness (QED) is 0.545. The van der Waals surface area contributed by atoms with Crippen molar-refractivity contribution >= 4 is 18.0 Å². The van der Waals surface area contributed by atoms with E-state index in [4.69, 9.17) is 9.84 Å². The molecule has 34 heavy (non-hydrogen) atoms. The van der Waals surface area contributed by atoms with Crippen LogP contribution in [-0.4, -0.2) is 41.3 Å². The number of fused-ring (bicyclic) bond motifs is 3. The summed E-state index contributed by atoms with van der Waals surface area (Å²) in [6, 6.07) is 16.3. The zero-order valence-corrected chi connectivity index (χ0v) is 19.1. The van der Waals surface area contributed by atoms with Crippen molar-refractivity contribution in [2.45, 2.75) is 62.4 Å². The molecule has 7 nitrogen and oxygen atoms in total. The summed E-state index contributed by atoms with van der Waals surface area (Å²) in [5, 5.41) is 15.0. The Balaban J connectivity index is 1.15. The maximum absolute atomic E-state index is 12.7. The molecule has 3 aliphatic rings. The SMILES string of the molecule is O=C(O)CC1(NC(=O)CC2CCCC2NC(=O)OCC2c3ccccc3-c3ccccc32)CC1. The zero-order chi connectivity index (χ0) is 23.7. The molecule has 0 spiro atoms. The molecule has 3 N–H and O–H groups in total. The fourth-order valence-electron chi connectivity index (χ4n) is 5.63. The van der Waals surface area contributed by atoms with E-state index in [9.17, 15) is 14.4 Å². The Morgan fingerprint density at radius 3 is 2.24 bits per heavy atom. The highest BCUT2D eigenvalue weighted by Gasteiger charge is 2.46. The van der Waals surface area contributed by atoms with Gasteiger partial charge in [0, 0.05) is 18.4 Å². The highest BCUT2D eigenvalue weighted by atomic mass is 16.5. The number of carboxylic acid groups (broad SMARTS) is 1. The highest BCUT2D eigenvalue weighted by molar-refractivity contribution is 5.80. The number of alkyl carbamates (subject to hydrolysis) is 1. The minimum Gasteiger partial charge on any atom is -0.481 e. The maximum atomic E-state index is 12.7. The Morgan fingerprint density at radius 2 is 1.62 bits per heavy atom. The van der Waals surface area contributed by atoms with Gasteiger partial charge in [0.25, 0.3) is 0 Å². The number of carboxylic acids is 1. The lowest BCUT2D eigenvalue weighted by atomic mass is 9.98. The molecule has 0 aliphatic heterocycles. The van der Waals surface area contributed by atoms with Crippen molar-refractivity contribution < 1.29 is 24.2 Å². The van der Waals surface area contributed by atoms with Gasteiger partial charge < -0.3 is 20.5 Å². The van der Waals surface area contributed by atoms with E-state index in [2.05, 4.69) is 34.9 Å². The Labute approximate surface area is 198 Å². The number of hydrogen-bond donors (Lipinski definition) is 3. The van der Waals surface area contributed by atoms with Gasteiger partial charge in [-0.1, -0.05) is 55.0 Å². The van der Waals surface area contributed by atoms with Gasteiger partial charge in [-0.3, -0.25) is 9.59 Å². The van der Waals surface area contributed by atoms with Crippen LogP contribution in [0, 0.1) is 5.92 Å². The van der Waals surface area contributed by atoms with E-state index in [0.717, 1.165) is 19.3 Å². The van der Waals surface area contributed by atoms with Gasteiger partial charge in [-0.25, -0.2) is 4.79 Å². The van der Waals surface area contributed by atoms with E-state index >= 15 is 0 Å². The number of rotatable bonds is 8. The van der Waals surface area contributed by atoms with Gasteiger partial charge >= 0.3 is 12.1 Å². The highest BCUT2D eigenvalue weighted by Crippen LogP contribution is 2.44. The van der Waals surface area contributed by atoms with Crippen LogP contribution in [0.1, 0.15) is 62.0 Å². The number of amides is 2. The van der Waals surface area contributed by atoms with E-state index in [1.54, 1.807) is 0 Å². The number of benzene rings is 2. The first-order valence-electron chi connectivity index (χ1n) is 12.1. The summed E-state index contributed by atoms with van der Waals surface area (Å²) >= 11 is 0. The summed E-state index contributed by atoms with van der Waals surface area (Å²) < 4.78 is 5.67. The summed E-state index contributed by atoms with van der Waals surface area (Å²) in [4.78, 5) is 36.3. The second-order valence-corrected chi connectivity index (χ2v) is 9.87. The predicted octanol–water partition coefficient (Wildman–Crippen LogP) is 4.21. The number of carbonyl (C=O) groups excluding carboxylic acids is 2. The molecule has 3 aliphatic carbocycles. The van der Waals surface area contributed by atoms with Crippen LogP contribution < -0.4 is 10.6 Å². The molecule has 5 rings (SSSR count). The zero-order valence-electron chi connectivity index (χ0n) is 19.1. The number of hydrogen-bond acceptors (Lipinski definition) is 4. The molecule has 0 radical (unpaired) electrons. The topological polar surface area (TPSA) is 105 Å². The third kappa shape index (κ3) is 4.65. The van der Waals surface area contributed by atoms with E-state index in [0.29, 0.717) is 12.8 Å². The molecule has 2 fully saturated rings. The lowest BCUT2D eigenvalue weighted by Gasteiger charge is -2.23. The monoisotopic (exact) mass is 462 g/mol. The molecule has 2 amide bonds. The Kier molecular flexibility index (Phi) is 6.02. The van der Waals surface area contributed by atoms with Gasteiger partial charge in [-0.15, -0.1) is 0 Å². The van der Waals surface area contributed by atoms with Crippen LogP contribution in [0.4, 0.5) is 4.79 Å². The van der Waals surface area contributed by atoms with Gasteiger partial charge in [0.15, 0.2) is 0 Å². The van der Waals surface area contributed by atoms with Crippen molar-refractivity contribution in [3.05, 3.63) is 59.7 Å². The van der Waals surface area contributed by atoms with Gasteiger partial charge in [0.05, 0.1) is 12.0 Å². The average Bonchev–Trinajstić information content (AvgIpc) is 3.28. The Bertz CT molecular complexity index is 1060. The van der Waals surface area contributed by atoms with E-state index in [1.807, 2.05) is 24.3 Å². The molecule has 2 aromatic rings. The standard InChI is InChI=1S/C27H30N2O5/c30-24(29-27(12-13-27)15-25(31)32)14-17-6-5-11-23(17)28-26(33)34-16-22-20-9-3-1-7-18(20)19-8-2-4-10-21(19)22/h1-4,7-10,17,22-23H,5-6,11-16H2,(H,28,33)(H,29,30)(H,31,32). The second kappa shape index (κ2) is 9.12. The van der Waals surface area contributed by atoms with Crippen LogP contribution in [0.3, 0.4) is 0 Å². The van der Waals surface area contributed by atoms with Gasteiger partial charge in [0.2, 0.25) is 5.91 Å². The minimum atomic E-state index is -0.895. The molecule has 0 heterocycles. The van der Waals surface area contributed by atoms with Crippen LogP contribution in [0.15, 0.2) is 48.5 Å². The molecule has 0 aromatic heterocycles. The minimum absolute atomic E-state index is 0.00673. The number of carbonyl (C=O) groups is 3. The fourth-order valence-corrected chi connectivity index (χ4v) is 5.63. The Hall–Kier alpha value is -3.35. The number of aliphatic carboxylic acids is 1. The van der Waals surface area contributed by atoms with Crippen molar-refractivity contribution in [2.24, 2.45) is 5.92 Å². The Morgan fingerprint density at radius 1 is 0.971 bits per heavy atom. The summed E-state index contributed by atoms with van der Waals surface area (Å²) in [5.41, 5.74) is 4.14. The molecular weight excluding hydrogens is 432 g/mol. The van der Waals surface area contributed by atoms with Crippen LogP contribution in [-0.2, 0) is 14.3 Å². The summed E-state index contributed by atoms with van der Waals surface area (Å²) in [5.74, 6) is -0.994. The number of nitrogens with one attached hydrogen (secondary N) is 2. The first-order valence-corrected chi connectivity index (χ1v) is 12.1. The predicted molar refractivity (Wildman–Crippen MR) is 126 cm³/mol. The molecule has 178 valence electrons. The van der Waals surface area contributed by atoms with Crippen LogP contribution in [0.5, 0.6) is 0 Å². The van der Waals surface area contributed by atoms with Gasteiger partial charge in [0.1, 0.15) is 6.61 Å². The molecule has 2 saturated carbocycles. The molecule has 2 aromatic carbocycles. The smallest absolute Gasteiger partial charge is 0.407 e. The third-order valence-electron chi connectivity index (χ3n) is 7.50. The summed E-state index contributed by atoms with van der Waals surface area (Å²) in [7, 11) is 0. The van der Waals surface area contributed by atoms with Crippen molar-refractivity contribution in [1.82, 2.24) is 10.6 Å². The van der Waals surface area contributed by atoms with Crippen LogP contribution >= 0.6 is 0 Å². The molecule has 0 bridgehead atoms. The lowest BCUT2D eigenvalue weighted by molar-refractivity contribution is -0.138.